The largest absolute Gasteiger partial charge is 0.475 e. The summed E-state index contributed by atoms with van der Waals surface area (Å²) in [4.78, 5) is 32.8. The van der Waals surface area contributed by atoms with Gasteiger partial charge < -0.3 is 9.47 Å². The van der Waals surface area contributed by atoms with Crippen LogP contribution in [0.2, 0.25) is 0 Å². The first-order valence-electron chi connectivity index (χ1n) is 9.21. The van der Waals surface area contributed by atoms with Gasteiger partial charge in [-0.2, -0.15) is 0 Å². The molecule has 0 saturated carbocycles. The number of hydrogen-bond donors (Lipinski definition) is 0. The third-order valence-corrected chi connectivity index (χ3v) is 5.11. The van der Waals surface area contributed by atoms with E-state index in [-0.39, 0.29) is 24.5 Å². The Morgan fingerprint density at radius 2 is 2.14 bits per heavy atom. The molecule has 3 aromatic rings. The molecule has 0 saturated heterocycles. The van der Waals surface area contributed by atoms with E-state index in [0.29, 0.717) is 11.6 Å². The molecule has 0 atom stereocenters. The number of aryl methyl sites for hydroxylation is 2. The van der Waals surface area contributed by atoms with Crippen molar-refractivity contribution in [2.75, 3.05) is 13.2 Å². The van der Waals surface area contributed by atoms with Crippen LogP contribution in [-0.4, -0.2) is 33.6 Å². The first kappa shape index (κ1) is 20.0. The Balaban J connectivity index is 1.70. The summed E-state index contributed by atoms with van der Waals surface area (Å²) in [7, 11) is 0. The predicted octanol–water partition coefficient (Wildman–Crippen LogP) is 3.00. The maximum atomic E-state index is 12.5. The van der Waals surface area contributed by atoms with E-state index in [1.54, 1.807) is 24.5 Å². The van der Waals surface area contributed by atoms with Crippen LogP contribution >= 0.6 is 11.3 Å². The zero-order valence-electron chi connectivity index (χ0n) is 16.2. The molecule has 8 heteroatoms. The number of aromatic nitrogens is 3. The zero-order valence-corrected chi connectivity index (χ0v) is 17.0. The first-order chi connectivity index (χ1) is 13.5. The van der Waals surface area contributed by atoms with Crippen LogP contribution in [0, 0.1) is 0 Å². The van der Waals surface area contributed by atoms with E-state index in [0.717, 1.165) is 29.1 Å². The average molecular weight is 401 g/mol. The molecule has 3 heterocycles. The van der Waals surface area contributed by atoms with E-state index in [9.17, 15) is 9.59 Å². The summed E-state index contributed by atoms with van der Waals surface area (Å²) < 4.78 is 11.4. The lowest BCUT2D eigenvalue weighted by Gasteiger charge is -2.08. The second-order valence-electron chi connectivity index (χ2n) is 6.61. The molecule has 3 rings (SSSR count). The molecule has 0 radical (unpaired) electrons. The highest BCUT2D eigenvalue weighted by Gasteiger charge is 2.10. The van der Waals surface area contributed by atoms with E-state index >= 15 is 0 Å². The molecule has 0 fully saturated rings. The summed E-state index contributed by atoms with van der Waals surface area (Å²) in [6.45, 7) is 5.92. The van der Waals surface area contributed by atoms with Crippen molar-refractivity contribution < 1.29 is 14.3 Å². The standard InChI is InChI=1S/C20H23N3O4S/c1-4-26-19(24)11-27-16-10-21-17-9-14(7-8-23(17)20(16)25)5-6-18-22-15(12-28-18)13(2)3/h7-10,12-13H,4-6,11H2,1-3H3. The lowest BCUT2D eigenvalue weighted by atomic mass is 10.1. The molecule has 0 aliphatic carbocycles. The minimum absolute atomic E-state index is 0.0160. The Morgan fingerprint density at radius 3 is 2.86 bits per heavy atom. The lowest BCUT2D eigenvalue weighted by Crippen LogP contribution is -2.21. The van der Waals surface area contributed by atoms with Crippen molar-refractivity contribution in [3.63, 3.8) is 0 Å². The van der Waals surface area contributed by atoms with Crippen LogP contribution in [0.3, 0.4) is 0 Å². The molecule has 3 aromatic heterocycles. The SMILES string of the molecule is CCOC(=O)COc1cnc2cc(CCc3nc(C(C)C)cs3)ccn2c1=O. The molecule has 0 bridgehead atoms. The molecule has 0 amide bonds. The minimum Gasteiger partial charge on any atom is -0.475 e. The molecule has 0 aliphatic rings. The highest BCUT2D eigenvalue weighted by molar-refractivity contribution is 7.09. The Kier molecular flexibility index (Phi) is 6.41. The second kappa shape index (κ2) is 8.97. The van der Waals surface area contributed by atoms with Gasteiger partial charge in [-0.3, -0.25) is 9.20 Å². The van der Waals surface area contributed by atoms with Crippen molar-refractivity contribution in [2.45, 2.75) is 39.5 Å². The van der Waals surface area contributed by atoms with Crippen LogP contribution < -0.4 is 10.3 Å². The third kappa shape index (κ3) is 4.75. The summed E-state index contributed by atoms with van der Waals surface area (Å²) in [6, 6.07) is 3.77. The summed E-state index contributed by atoms with van der Waals surface area (Å²) in [5, 5.41) is 3.22. The predicted molar refractivity (Wildman–Crippen MR) is 107 cm³/mol. The summed E-state index contributed by atoms with van der Waals surface area (Å²) in [5.74, 6) is -0.0746. The van der Waals surface area contributed by atoms with Crippen LogP contribution in [0.15, 0.2) is 34.7 Å². The van der Waals surface area contributed by atoms with Crippen molar-refractivity contribution in [2.24, 2.45) is 0 Å². The Labute approximate surface area is 167 Å². The molecule has 0 N–H and O–H groups in total. The fourth-order valence-corrected chi connectivity index (χ4v) is 3.61. The second-order valence-corrected chi connectivity index (χ2v) is 7.55. The topological polar surface area (TPSA) is 82.8 Å². The molecule has 28 heavy (non-hydrogen) atoms. The number of nitrogens with zero attached hydrogens (tertiary/aromatic N) is 3. The normalized spacial score (nSPS) is 11.1. The molecule has 0 aliphatic heterocycles. The number of esters is 1. The Bertz CT molecular complexity index is 1030. The van der Waals surface area contributed by atoms with Gasteiger partial charge in [-0.25, -0.2) is 14.8 Å². The van der Waals surface area contributed by atoms with Crippen molar-refractivity contribution in [3.8, 4) is 5.75 Å². The smallest absolute Gasteiger partial charge is 0.344 e. The highest BCUT2D eigenvalue weighted by Crippen LogP contribution is 2.19. The van der Waals surface area contributed by atoms with Gasteiger partial charge in [-0.1, -0.05) is 13.8 Å². The molecular weight excluding hydrogens is 378 g/mol. The van der Waals surface area contributed by atoms with E-state index in [4.69, 9.17) is 9.47 Å². The fraction of sp³-hybridized carbons (Fsp3) is 0.400. The molecule has 0 aromatic carbocycles. The summed E-state index contributed by atoms with van der Waals surface area (Å²) in [6.07, 6.45) is 4.69. The van der Waals surface area contributed by atoms with Gasteiger partial charge >= 0.3 is 5.97 Å². The van der Waals surface area contributed by atoms with Gasteiger partial charge in [0.2, 0.25) is 5.75 Å². The van der Waals surface area contributed by atoms with Crippen LogP contribution in [0.1, 0.15) is 43.0 Å². The number of carbonyl (C=O) groups is 1. The average Bonchev–Trinajstić information content (AvgIpc) is 3.15. The van der Waals surface area contributed by atoms with Gasteiger partial charge in [-0.05, 0) is 37.0 Å². The number of fused-ring (bicyclic) bond motifs is 1. The monoisotopic (exact) mass is 401 g/mol. The zero-order chi connectivity index (χ0) is 20.1. The van der Waals surface area contributed by atoms with Crippen LogP contribution in [0.5, 0.6) is 5.75 Å². The van der Waals surface area contributed by atoms with Crippen molar-refractivity contribution in [1.82, 2.24) is 14.4 Å². The van der Waals surface area contributed by atoms with Gasteiger partial charge in [-0.15, -0.1) is 11.3 Å². The number of carbonyl (C=O) groups excluding carboxylic acids is 1. The van der Waals surface area contributed by atoms with E-state index in [2.05, 4.69) is 29.2 Å². The van der Waals surface area contributed by atoms with Gasteiger partial charge in [0.1, 0.15) is 5.65 Å². The van der Waals surface area contributed by atoms with Gasteiger partial charge in [0.05, 0.1) is 23.5 Å². The summed E-state index contributed by atoms with van der Waals surface area (Å²) >= 11 is 1.68. The van der Waals surface area contributed by atoms with Gasteiger partial charge in [0.25, 0.3) is 5.56 Å². The van der Waals surface area contributed by atoms with Crippen molar-refractivity contribution in [3.05, 3.63) is 56.5 Å². The number of ether oxygens (including phenoxy) is 2. The lowest BCUT2D eigenvalue weighted by molar-refractivity contribution is -0.145. The van der Waals surface area contributed by atoms with Gasteiger partial charge in [0, 0.05) is 18.0 Å². The molecule has 0 unspecified atom stereocenters. The maximum absolute atomic E-state index is 12.5. The summed E-state index contributed by atoms with van der Waals surface area (Å²) in [5.41, 5.74) is 2.38. The minimum atomic E-state index is -0.523. The van der Waals surface area contributed by atoms with E-state index < -0.39 is 5.97 Å². The van der Waals surface area contributed by atoms with E-state index in [1.165, 1.54) is 10.6 Å². The van der Waals surface area contributed by atoms with Crippen molar-refractivity contribution in [1.29, 1.82) is 0 Å². The number of thiazole rings is 1. The number of hydrogen-bond acceptors (Lipinski definition) is 7. The molecule has 0 spiro atoms. The van der Waals surface area contributed by atoms with Crippen LogP contribution in [0.25, 0.3) is 5.65 Å². The Morgan fingerprint density at radius 1 is 1.32 bits per heavy atom. The quantitative estimate of drug-likeness (QED) is 0.540. The third-order valence-electron chi connectivity index (χ3n) is 4.18. The number of pyridine rings is 1. The number of rotatable bonds is 8. The highest BCUT2D eigenvalue weighted by atomic mass is 32.1. The first-order valence-corrected chi connectivity index (χ1v) is 10.1. The van der Waals surface area contributed by atoms with Crippen LogP contribution in [-0.2, 0) is 22.4 Å². The molecule has 7 nitrogen and oxygen atoms in total. The molecular formula is C20H23N3O4S. The maximum Gasteiger partial charge on any atom is 0.344 e. The van der Waals surface area contributed by atoms with Gasteiger partial charge in [0.15, 0.2) is 6.61 Å². The Hall–Kier alpha value is -2.74. The molecule has 148 valence electrons. The van der Waals surface area contributed by atoms with Crippen molar-refractivity contribution >= 4 is 23.0 Å². The fourth-order valence-electron chi connectivity index (χ4n) is 2.65. The van der Waals surface area contributed by atoms with E-state index in [1.807, 2.05) is 12.1 Å². The van der Waals surface area contributed by atoms with Crippen LogP contribution in [0.4, 0.5) is 0 Å².